The minimum atomic E-state index is -1.20. The van der Waals surface area contributed by atoms with Gasteiger partial charge in [0.25, 0.3) is 0 Å². The van der Waals surface area contributed by atoms with Crippen LogP contribution in [-0.4, -0.2) is 72.9 Å². The number of carbonyl (C=O) groups excluding carboxylic acids is 2. The van der Waals surface area contributed by atoms with Crippen LogP contribution in [0.3, 0.4) is 0 Å². The molecule has 0 aliphatic heterocycles. The second-order valence-electron chi connectivity index (χ2n) is 4.23. The Morgan fingerprint density at radius 3 is 2.41 bits per heavy atom. The van der Waals surface area contributed by atoms with E-state index in [1.54, 1.807) is 0 Å². The molecule has 0 aliphatic carbocycles. The van der Waals surface area contributed by atoms with E-state index in [1.807, 2.05) is 5.71 Å². The van der Waals surface area contributed by atoms with Crippen molar-refractivity contribution in [1.82, 2.24) is 10.6 Å². The second kappa shape index (κ2) is 11.3. The average molecular weight is 397 g/mol. The Hall–Kier alpha value is -1.25. The van der Waals surface area contributed by atoms with Crippen LogP contribution in [0.15, 0.2) is 0 Å². The Labute approximate surface area is 137 Å². The first-order valence-electron chi connectivity index (χ1n) is 6.33. The number of rotatable bonds is 11. The van der Waals surface area contributed by atoms with Crippen LogP contribution in [0.4, 0.5) is 0 Å². The van der Waals surface area contributed by atoms with Gasteiger partial charge in [0.1, 0.15) is 0 Å². The number of carboxylic acid groups (broad SMARTS) is 2. The molecule has 0 rings (SSSR count). The molecule has 2 amide bonds. The Kier molecular flexibility index (Phi) is 10.7. The van der Waals surface area contributed by atoms with Crippen molar-refractivity contribution in [2.75, 3.05) is 12.3 Å². The monoisotopic (exact) mass is 397 g/mol. The zero-order valence-corrected chi connectivity index (χ0v) is 14.9. The van der Waals surface area contributed by atoms with Gasteiger partial charge in [-0.2, -0.15) is 0 Å². The maximum atomic E-state index is 11.8. The molecule has 0 radical (unpaired) electrons. The molecule has 0 heterocycles. The molecule has 0 spiro atoms. The zero-order valence-electron chi connectivity index (χ0n) is 12.0. The molecule has 0 fully saturated rings. The molecule has 1 unspecified atom stereocenters. The molecule has 0 aromatic carbocycles. The predicted molar refractivity (Wildman–Crippen MR) is 82.9 cm³/mol. The SMILES string of the molecule is C[AsH]SC[C@H](NC(=O)CC[C@H](N)C(=O)O)C(=O)NCC(=O)O. The Bertz CT molecular complexity index is 423. The second-order valence-corrected chi connectivity index (χ2v) is 9.65. The van der Waals surface area contributed by atoms with Crippen molar-refractivity contribution in [1.29, 1.82) is 0 Å². The standard InChI is InChI=1S/C11H20AsN3O6S/c1-12-22-5-7(10(19)14-4-9(17)18)15-8(16)3-2-6(13)11(20)21/h6-7,12H,2-5,13H2,1H3,(H,14,19)(H,15,16)(H,17,18)(H,20,21)/t6-,7-/m0/s1. The Balaban J connectivity index is 4.43. The van der Waals surface area contributed by atoms with Gasteiger partial charge in [0, 0.05) is 0 Å². The summed E-state index contributed by atoms with van der Waals surface area (Å²) in [7, 11) is 1.53. The van der Waals surface area contributed by atoms with Gasteiger partial charge in [-0.25, -0.2) is 0 Å². The summed E-state index contributed by atoms with van der Waals surface area (Å²) in [4.78, 5) is 44.5. The van der Waals surface area contributed by atoms with Crippen LogP contribution in [0, 0.1) is 0 Å². The third-order valence-electron chi connectivity index (χ3n) is 2.46. The molecule has 0 bridgehead atoms. The first-order valence-corrected chi connectivity index (χ1v) is 12.0. The van der Waals surface area contributed by atoms with Gasteiger partial charge in [-0.15, -0.1) is 0 Å². The van der Waals surface area contributed by atoms with Crippen molar-refractivity contribution in [2.24, 2.45) is 5.73 Å². The fraction of sp³-hybridized carbons (Fsp3) is 0.636. The first kappa shape index (κ1) is 20.7. The van der Waals surface area contributed by atoms with E-state index in [-0.39, 0.29) is 27.4 Å². The van der Waals surface area contributed by atoms with E-state index in [1.165, 1.54) is 10.0 Å². The number of aliphatic carboxylic acids is 2. The number of carboxylic acids is 2. The molecule has 0 aromatic rings. The Morgan fingerprint density at radius 2 is 1.91 bits per heavy atom. The fourth-order valence-electron chi connectivity index (χ4n) is 1.31. The average Bonchev–Trinajstić information content (AvgIpc) is 2.46. The summed E-state index contributed by atoms with van der Waals surface area (Å²) in [6.07, 6.45) is -0.164. The number of carbonyl (C=O) groups is 4. The molecular formula is C11H20AsN3O6S. The van der Waals surface area contributed by atoms with Gasteiger partial charge in [-0.05, 0) is 0 Å². The minimum absolute atomic E-state index is 0.0422. The van der Waals surface area contributed by atoms with E-state index < -0.39 is 42.4 Å². The van der Waals surface area contributed by atoms with Crippen molar-refractivity contribution >= 4 is 48.4 Å². The molecule has 0 aliphatic rings. The fourth-order valence-corrected chi connectivity index (χ4v) is 3.98. The predicted octanol–water partition coefficient (Wildman–Crippen LogP) is -2.00. The molecule has 0 saturated heterocycles. The van der Waals surface area contributed by atoms with Crippen molar-refractivity contribution in [3.8, 4) is 0 Å². The summed E-state index contributed by atoms with van der Waals surface area (Å²) in [5.41, 5.74) is 7.30. The summed E-state index contributed by atoms with van der Waals surface area (Å²) in [6, 6.07) is -1.98. The van der Waals surface area contributed by atoms with Crippen LogP contribution in [0.5, 0.6) is 0 Å². The molecule has 22 heavy (non-hydrogen) atoms. The van der Waals surface area contributed by atoms with E-state index in [4.69, 9.17) is 15.9 Å². The van der Waals surface area contributed by atoms with E-state index in [9.17, 15) is 19.2 Å². The first-order chi connectivity index (χ1) is 10.3. The van der Waals surface area contributed by atoms with Gasteiger partial charge in [-0.3, -0.25) is 0 Å². The normalized spacial score (nSPS) is 13.5. The summed E-state index contributed by atoms with van der Waals surface area (Å²) >= 11 is -0.277. The molecule has 6 N–H and O–H groups in total. The van der Waals surface area contributed by atoms with E-state index in [2.05, 4.69) is 10.6 Å². The number of hydrogen-bond donors (Lipinski definition) is 5. The Morgan fingerprint density at radius 1 is 1.27 bits per heavy atom. The van der Waals surface area contributed by atoms with Crippen LogP contribution >= 0.6 is 10.0 Å². The van der Waals surface area contributed by atoms with Crippen molar-refractivity contribution in [2.45, 2.75) is 30.6 Å². The van der Waals surface area contributed by atoms with Crippen LogP contribution in [0.2, 0.25) is 5.71 Å². The van der Waals surface area contributed by atoms with Gasteiger partial charge in [0.15, 0.2) is 0 Å². The molecule has 3 atom stereocenters. The topological polar surface area (TPSA) is 159 Å². The van der Waals surface area contributed by atoms with E-state index in [0.29, 0.717) is 5.75 Å². The summed E-state index contributed by atoms with van der Waals surface area (Å²) in [6.45, 7) is -0.526. The van der Waals surface area contributed by atoms with Crippen LogP contribution < -0.4 is 16.4 Å². The van der Waals surface area contributed by atoms with Crippen LogP contribution in [0.25, 0.3) is 0 Å². The van der Waals surface area contributed by atoms with Gasteiger partial charge >= 0.3 is 137 Å². The number of nitrogens with one attached hydrogen (secondary N) is 2. The molecule has 126 valence electrons. The van der Waals surface area contributed by atoms with Crippen molar-refractivity contribution < 1.29 is 29.4 Å². The number of amides is 2. The molecular weight excluding hydrogens is 377 g/mol. The zero-order chi connectivity index (χ0) is 17.1. The number of nitrogens with two attached hydrogens (primary N) is 1. The third kappa shape index (κ3) is 9.64. The van der Waals surface area contributed by atoms with Gasteiger partial charge in [0.05, 0.1) is 0 Å². The molecule has 9 nitrogen and oxygen atoms in total. The summed E-state index contributed by atoms with van der Waals surface area (Å²) in [5.74, 6) is -3.11. The third-order valence-corrected chi connectivity index (χ3v) is 6.11. The van der Waals surface area contributed by atoms with Gasteiger partial charge < -0.3 is 0 Å². The molecule has 0 saturated carbocycles. The van der Waals surface area contributed by atoms with Crippen LogP contribution in [0.1, 0.15) is 12.8 Å². The van der Waals surface area contributed by atoms with Gasteiger partial charge in [0.2, 0.25) is 0 Å². The molecule has 11 heteroatoms. The maximum absolute atomic E-state index is 11.8. The summed E-state index contributed by atoms with van der Waals surface area (Å²) < 4.78 is 0. The summed E-state index contributed by atoms with van der Waals surface area (Å²) in [5, 5.41) is 21.8. The van der Waals surface area contributed by atoms with E-state index in [0.717, 1.165) is 0 Å². The van der Waals surface area contributed by atoms with Gasteiger partial charge in [-0.1, -0.05) is 0 Å². The van der Waals surface area contributed by atoms with Crippen molar-refractivity contribution in [3.05, 3.63) is 0 Å². The number of hydrogen-bond acceptors (Lipinski definition) is 6. The van der Waals surface area contributed by atoms with E-state index >= 15 is 0 Å². The van der Waals surface area contributed by atoms with Crippen molar-refractivity contribution in [3.63, 3.8) is 0 Å². The quantitative estimate of drug-likeness (QED) is 0.250. The molecule has 0 aromatic heterocycles. The van der Waals surface area contributed by atoms with Crippen LogP contribution in [-0.2, 0) is 19.2 Å².